The molecule has 3 heterocycles. The average Bonchev–Trinajstić information content (AvgIpc) is 3.20. The fourth-order valence-electron chi connectivity index (χ4n) is 3.30. The molecule has 3 aromatic heterocycles. The van der Waals surface area contributed by atoms with Crippen molar-refractivity contribution in [3.8, 4) is 0 Å². The van der Waals surface area contributed by atoms with Gasteiger partial charge in [0.1, 0.15) is 11.3 Å². The van der Waals surface area contributed by atoms with Crippen LogP contribution in [0.25, 0.3) is 22.2 Å². The van der Waals surface area contributed by atoms with Crippen molar-refractivity contribution in [1.29, 1.82) is 0 Å². The highest BCUT2D eigenvalue weighted by Crippen LogP contribution is 2.20. The molecule has 0 aliphatic carbocycles. The molecule has 4 rings (SSSR count). The van der Waals surface area contributed by atoms with Gasteiger partial charge in [-0.25, -0.2) is 19.2 Å². The molecule has 0 radical (unpaired) electrons. The molecular formula is C17H17FN6O2. The molecule has 0 aliphatic heterocycles. The zero-order valence-corrected chi connectivity index (χ0v) is 14.6. The quantitative estimate of drug-likeness (QED) is 0.548. The number of aromatic nitrogens is 6. The Kier molecular flexibility index (Phi) is 3.53. The Morgan fingerprint density at radius 1 is 1.15 bits per heavy atom. The third kappa shape index (κ3) is 2.13. The second kappa shape index (κ2) is 5.65. The summed E-state index contributed by atoms with van der Waals surface area (Å²) < 4.78 is 20.0. The summed E-state index contributed by atoms with van der Waals surface area (Å²) in [6.07, 6.45) is 1.50. The lowest BCUT2D eigenvalue weighted by molar-refractivity contribution is 0.636. The first kappa shape index (κ1) is 16.2. The Hall–Kier alpha value is -3.23. The molecule has 9 heteroatoms. The Labute approximate surface area is 146 Å². The van der Waals surface area contributed by atoms with Crippen LogP contribution in [0.15, 0.2) is 34.1 Å². The maximum absolute atomic E-state index is 14.1. The van der Waals surface area contributed by atoms with Crippen LogP contribution < -0.4 is 11.2 Å². The van der Waals surface area contributed by atoms with E-state index in [1.165, 1.54) is 24.0 Å². The van der Waals surface area contributed by atoms with Gasteiger partial charge in [0, 0.05) is 20.6 Å². The number of nitrogens with zero attached hydrogens (tertiary/aromatic N) is 6. The van der Waals surface area contributed by atoms with E-state index in [2.05, 4.69) is 9.97 Å². The lowest BCUT2D eigenvalue weighted by Crippen LogP contribution is -2.37. The van der Waals surface area contributed by atoms with Crippen LogP contribution >= 0.6 is 0 Å². The number of hydrogen-bond acceptors (Lipinski definition) is 4. The predicted molar refractivity (Wildman–Crippen MR) is 94.7 cm³/mol. The third-order valence-electron chi connectivity index (χ3n) is 4.65. The first-order valence-electron chi connectivity index (χ1n) is 8.18. The minimum absolute atomic E-state index is 0.242. The van der Waals surface area contributed by atoms with Crippen LogP contribution in [0.2, 0.25) is 0 Å². The topological polar surface area (TPSA) is 79.6 Å². The molecule has 0 atom stereocenters. The minimum Gasteiger partial charge on any atom is -0.327 e. The smallest absolute Gasteiger partial charge is 0.327 e. The van der Waals surface area contributed by atoms with Crippen LogP contribution in [0.4, 0.5) is 4.39 Å². The molecular weight excluding hydrogens is 339 g/mol. The van der Waals surface area contributed by atoms with Gasteiger partial charge >= 0.3 is 5.69 Å². The largest absolute Gasteiger partial charge is 0.332 e. The van der Waals surface area contributed by atoms with Gasteiger partial charge in [-0.2, -0.15) is 0 Å². The van der Waals surface area contributed by atoms with Crippen LogP contribution in [0.3, 0.4) is 0 Å². The molecule has 0 bridgehead atoms. The predicted octanol–water partition coefficient (Wildman–Crippen LogP) is 0.991. The Morgan fingerprint density at radius 3 is 2.65 bits per heavy atom. The van der Waals surface area contributed by atoms with E-state index in [9.17, 15) is 14.0 Å². The summed E-state index contributed by atoms with van der Waals surface area (Å²) in [5, 5.41) is 0. The fraction of sp³-hybridized carbons (Fsp3) is 0.294. The van der Waals surface area contributed by atoms with E-state index in [-0.39, 0.29) is 12.4 Å². The molecule has 0 aliphatic rings. The first-order chi connectivity index (χ1) is 12.4. The van der Waals surface area contributed by atoms with Gasteiger partial charge in [0.15, 0.2) is 17.0 Å². The van der Waals surface area contributed by atoms with Gasteiger partial charge in [0.2, 0.25) is 0 Å². The highest BCUT2D eigenvalue weighted by molar-refractivity contribution is 5.77. The summed E-state index contributed by atoms with van der Waals surface area (Å²) in [5.74, 6) is 0.229. The van der Waals surface area contributed by atoms with Crippen LogP contribution in [0.5, 0.6) is 0 Å². The van der Waals surface area contributed by atoms with Gasteiger partial charge < -0.3 is 9.13 Å². The minimum atomic E-state index is -0.435. The monoisotopic (exact) mass is 356 g/mol. The Morgan fingerprint density at radius 2 is 1.92 bits per heavy atom. The van der Waals surface area contributed by atoms with Crippen LogP contribution in [-0.4, -0.2) is 28.2 Å². The number of halogens is 1. The maximum Gasteiger partial charge on any atom is 0.332 e. The van der Waals surface area contributed by atoms with Crippen molar-refractivity contribution in [2.75, 3.05) is 0 Å². The molecule has 0 N–H and O–H groups in total. The SMILES string of the molecule is CCn1c(Cn2cnc3c2c(=O)n(C)c(=O)n3C)nc2c(F)cccc21. The van der Waals surface area contributed by atoms with E-state index in [4.69, 9.17) is 0 Å². The number of imidazole rings is 2. The molecule has 0 unspecified atom stereocenters. The molecule has 8 nitrogen and oxygen atoms in total. The van der Waals surface area contributed by atoms with Crippen molar-refractivity contribution in [2.45, 2.75) is 20.0 Å². The lowest BCUT2D eigenvalue weighted by atomic mass is 10.3. The van der Waals surface area contributed by atoms with E-state index in [1.54, 1.807) is 17.7 Å². The molecule has 0 amide bonds. The number of aryl methyl sites for hydroxylation is 2. The fourth-order valence-corrected chi connectivity index (χ4v) is 3.30. The van der Waals surface area contributed by atoms with E-state index < -0.39 is 11.2 Å². The average molecular weight is 356 g/mol. The third-order valence-corrected chi connectivity index (χ3v) is 4.65. The van der Waals surface area contributed by atoms with E-state index in [1.807, 2.05) is 17.6 Å². The number of para-hydroxylation sites is 1. The summed E-state index contributed by atoms with van der Waals surface area (Å²) in [5.41, 5.74) is 0.760. The zero-order valence-electron chi connectivity index (χ0n) is 14.6. The van der Waals surface area contributed by atoms with E-state index >= 15 is 0 Å². The second-order valence-electron chi connectivity index (χ2n) is 6.13. The number of fused-ring (bicyclic) bond motifs is 2. The van der Waals surface area contributed by atoms with Gasteiger partial charge in [0.05, 0.1) is 18.4 Å². The second-order valence-corrected chi connectivity index (χ2v) is 6.13. The van der Waals surface area contributed by atoms with Crippen molar-refractivity contribution in [1.82, 2.24) is 28.2 Å². The van der Waals surface area contributed by atoms with E-state index in [0.29, 0.717) is 34.6 Å². The normalized spacial score (nSPS) is 11.7. The van der Waals surface area contributed by atoms with Crippen molar-refractivity contribution >= 4 is 22.2 Å². The molecule has 26 heavy (non-hydrogen) atoms. The van der Waals surface area contributed by atoms with Crippen LogP contribution in [0, 0.1) is 5.82 Å². The molecule has 134 valence electrons. The van der Waals surface area contributed by atoms with Gasteiger partial charge in [-0.05, 0) is 19.1 Å². The lowest BCUT2D eigenvalue weighted by Gasteiger charge is -2.08. The first-order valence-corrected chi connectivity index (χ1v) is 8.18. The van der Waals surface area contributed by atoms with Gasteiger partial charge in [-0.1, -0.05) is 6.07 Å². The van der Waals surface area contributed by atoms with Crippen LogP contribution in [-0.2, 0) is 27.2 Å². The van der Waals surface area contributed by atoms with Gasteiger partial charge in [-0.15, -0.1) is 0 Å². The van der Waals surface area contributed by atoms with Crippen molar-refractivity contribution in [3.05, 3.63) is 57.0 Å². The highest BCUT2D eigenvalue weighted by atomic mass is 19.1. The summed E-state index contributed by atoms with van der Waals surface area (Å²) in [6.45, 7) is 2.80. The Balaban J connectivity index is 1.94. The number of rotatable bonds is 3. The summed E-state index contributed by atoms with van der Waals surface area (Å²) in [6, 6.07) is 4.83. The highest BCUT2D eigenvalue weighted by Gasteiger charge is 2.17. The van der Waals surface area contributed by atoms with Crippen molar-refractivity contribution in [3.63, 3.8) is 0 Å². The van der Waals surface area contributed by atoms with Crippen LogP contribution in [0.1, 0.15) is 12.7 Å². The van der Waals surface area contributed by atoms with Gasteiger partial charge in [-0.3, -0.25) is 13.9 Å². The maximum atomic E-state index is 14.1. The molecule has 1 aromatic carbocycles. The standard InChI is InChI=1S/C17H17FN6O2/c1-4-24-11-7-5-6-10(18)13(11)20-12(24)8-23-9-19-15-14(23)16(25)22(3)17(26)21(15)2/h5-7,9H,4,8H2,1-3H3. The van der Waals surface area contributed by atoms with Gasteiger partial charge in [0.25, 0.3) is 5.56 Å². The molecule has 0 saturated carbocycles. The summed E-state index contributed by atoms with van der Waals surface area (Å²) in [4.78, 5) is 33.2. The number of hydrogen-bond donors (Lipinski definition) is 0. The molecule has 0 spiro atoms. The molecule has 4 aromatic rings. The molecule has 0 fully saturated rings. The van der Waals surface area contributed by atoms with Crippen molar-refractivity contribution in [2.24, 2.45) is 14.1 Å². The molecule has 0 saturated heterocycles. The Bertz CT molecular complexity index is 1280. The summed E-state index contributed by atoms with van der Waals surface area (Å²) in [7, 11) is 3.00. The summed E-state index contributed by atoms with van der Waals surface area (Å²) >= 11 is 0. The van der Waals surface area contributed by atoms with Crippen molar-refractivity contribution < 1.29 is 4.39 Å². The number of benzene rings is 1. The zero-order chi connectivity index (χ0) is 18.6. The van der Waals surface area contributed by atoms with E-state index in [0.717, 1.165) is 4.57 Å².